The number of amides is 3. The number of anilines is 1. The predicted molar refractivity (Wildman–Crippen MR) is 118 cm³/mol. The summed E-state index contributed by atoms with van der Waals surface area (Å²) < 4.78 is 5.85. The van der Waals surface area contributed by atoms with Gasteiger partial charge < -0.3 is 21.1 Å². The predicted octanol–water partition coefficient (Wildman–Crippen LogP) is 4.09. The lowest BCUT2D eigenvalue weighted by atomic mass is 10.0. The fourth-order valence-corrected chi connectivity index (χ4v) is 3.26. The summed E-state index contributed by atoms with van der Waals surface area (Å²) in [6.07, 6.45) is 1.71. The standard InChI is InChI=1S/C23H21N5O3/c24-23(30)27-20(13-22(29)26-17-10-9-16-14-25-28-21(16)12-17)15-5-4-8-19(11-15)31-18-6-2-1-3-7-18/h1-12,14,20H,13H2,(H,25,28)(H,26,29)(H3,24,27,30). The average molecular weight is 415 g/mol. The number of nitrogens with two attached hydrogens (primary N) is 1. The van der Waals surface area contributed by atoms with Crippen molar-refractivity contribution in [1.29, 1.82) is 0 Å². The van der Waals surface area contributed by atoms with Crippen LogP contribution < -0.4 is 21.1 Å². The van der Waals surface area contributed by atoms with E-state index in [0.29, 0.717) is 22.7 Å². The van der Waals surface area contributed by atoms with E-state index in [1.807, 2.05) is 42.5 Å². The minimum Gasteiger partial charge on any atom is -0.457 e. The van der Waals surface area contributed by atoms with Gasteiger partial charge in [0.05, 0.1) is 24.2 Å². The molecule has 0 radical (unpaired) electrons. The number of rotatable bonds is 7. The molecule has 4 aromatic rings. The molecule has 0 aliphatic rings. The molecule has 0 saturated heterocycles. The minimum atomic E-state index is -0.717. The number of H-pyrrole nitrogens is 1. The smallest absolute Gasteiger partial charge is 0.312 e. The molecule has 0 aliphatic heterocycles. The van der Waals surface area contributed by atoms with Crippen LogP contribution in [0.4, 0.5) is 10.5 Å². The largest absolute Gasteiger partial charge is 0.457 e. The Morgan fingerprint density at radius 2 is 1.81 bits per heavy atom. The van der Waals surface area contributed by atoms with E-state index in [4.69, 9.17) is 10.5 Å². The molecule has 156 valence electrons. The van der Waals surface area contributed by atoms with Crippen molar-refractivity contribution in [2.24, 2.45) is 5.73 Å². The first-order valence-corrected chi connectivity index (χ1v) is 9.68. The summed E-state index contributed by atoms with van der Waals surface area (Å²) in [5.41, 5.74) is 7.49. The molecule has 1 atom stereocenters. The van der Waals surface area contributed by atoms with Crippen LogP contribution >= 0.6 is 0 Å². The zero-order valence-corrected chi connectivity index (χ0v) is 16.5. The maximum Gasteiger partial charge on any atom is 0.312 e. The first kappa shape index (κ1) is 20.0. The number of nitrogens with zero attached hydrogens (tertiary/aromatic N) is 1. The Hall–Kier alpha value is -4.33. The van der Waals surface area contributed by atoms with Crippen LogP contribution in [-0.4, -0.2) is 22.1 Å². The van der Waals surface area contributed by atoms with Gasteiger partial charge in [-0.3, -0.25) is 9.89 Å². The highest BCUT2D eigenvalue weighted by molar-refractivity contribution is 5.94. The summed E-state index contributed by atoms with van der Waals surface area (Å²) in [6.45, 7) is 0. The maximum atomic E-state index is 12.7. The number of para-hydroxylation sites is 1. The Morgan fingerprint density at radius 1 is 1.00 bits per heavy atom. The summed E-state index contributed by atoms with van der Waals surface area (Å²) in [6, 6.07) is 20.6. The van der Waals surface area contributed by atoms with Gasteiger partial charge in [-0.25, -0.2) is 4.79 Å². The van der Waals surface area contributed by atoms with Crippen LogP contribution in [0.25, 0.3) is 10.9 Å². The number of carbonyl (C=O) groups is 2. The number of carbonyl (C=O) groups excluding carboxylic acids is 2. The number of nitrogens with one attached hydrogen (secondary N) is 3. The Balaban J connectivity index is 1.49. The fourth-order valence-electron chi connectivity index (χ4n) is 3.26. The van der Waals surface area contributed by atoms with Gasteiger partial charge in [0.2, 0.25) is 5.91 Å². The number of urea groups is 1. The van der Waals surface area contributed by atoms with Gasteiger partial charge in [0.15, 0.2) is 0 Å². The highest BCUT2D eigenvalue weighted by Crippen LogP contribution is 2.26. The topological polar surface area (TPSA) is 122 Å². The van der Waals surface area contributed by atoms with Crippen molar-refractivity contribution in [2.45, 2.75) is 12.5 Å². The van der Waals surface area contributed by atoms with Crippen LogP contribution in [0.15, 0.2) is 79.0 Å². The van der Waals surface area contributed by atoms with Crippen molar-refractivity contribution in [2.75, 3.05) is 5.32 Å². The van der Waals surface area contributed by atoms with Crippen LogP contribution in [0.3, 0.4) is 0 Å². The molecule has 0 aliphatic carbocycles. The molecule has 0 saturated carbocycles. The van der Waals surface area contributed by atoms with E-state index >= 15 is 0 Å². The Labute approximate surface area is 178 Å². The Bertz CT molecular complexity index is 1210. The minimum absolute atomic E-state index is 0.00125. The molecule has 0 bridgehead atoms. The van der Waals surface area contributed by atoms with E-state index in [-0.39, 0.29) is 12.3 Å². The zero-order chi connectivity index (χ0) is 21.6. The van der Waals surface area contributed by atoms with Gasteiger partial charge in [0.25, 0.3) is 0 Å². The average Bonchev–Trinajstić information content (AvgIpc) is 3.22. The molecule has 1 heterocycles. The molecule has 1 aromatic heterocycles. The van der Waals surface area contributed by atoms with Crippen LogP contribution in [0, 0.1) is 0 Å². The number of ether oxygens (including phenoxy) is 1. The van der Waals surface area contributed by atoms with E-state index < -0.39 is 12.1 Å². The molecule has 1 unspecified atom stereocenters. The van der Waals surface area contributed by atoms with Crippen molar-refractivity contribution in [3.8, 4) is 11.5 Å². The first-order valence-electron chi connectivity index (χ1n) is 9.68. The van der Waals surface area contributed by atoms with Crippen molar-refractivity contribution >= 4 is 28.5 Å². The second-order valence-corrected chi connectivity index (χ2v) is 6.97. The van der Waals surface area contributed by atoms with E-state index in [1.54, 1.807) is 36.5 Å². The van der Waals surface area contributed by atoms with E-state index in [1.165, 1.54) is 0 Å². The molecule has 3 amide bonds. The number of fused-ring (bicyclic) bond motifs is 1. The van der Waals surface area contributed by atoms with Gasteiger partial charge in [0.1, 0.15) is 11.5 Å². The maximum absolute atomic E-state index is 12.7. The number of benzene rings is 3. The lowest BCUT2D eigenvalue weighted by Crippen LogP contribution is -2.35. The summed E-state index contributed by atoms with van der Waals surface area (Å²) in [5, 5.41) is 13.3. The highest BCUT2D eigenvalue weighted by atomic mass is 16.5. The molecule has 0 fully saturated rings. The molecular formula is C23H21N5O3. The molecule has 0 spiro atoms. The van der Waals surface area contributed by atoms with Crippen molar-refractivity contribution < 1.29 is 14.3 Å². The summed E-state index contributed by atoms with van der Waals surface area (Å²) in [4.78, 5) is 24.2. The molecule has 3 aromatic carbocycles. The van der Waals surface area contributed by atoms with Gasteiger partial charge in [-0.05, 0) is 48.0 Å². The monoisotopic (exact) mass is 415 g/mol. The van der Waals surface area contributed by atoms with Crippen molar-refractivity contribution in [1.82, 2.24) is 15.5 Å². The van der Waals surface area contributed by atoms with E-state index in [9.17, 15) is 9.59 Å². The SMILES string of the molecule is NC(=O)NC(CC(=O)Nc1ccc2cn[nH]c2c1)c1cccc(Oc2ccccc2)c1. The van der Waals surface area contributed by atoms with Gasteiger partial charge in [0, 0.05) is 11.1 Å². The fraction of sp³-hybridized carbons (Fsp3) is 0.0870. The van der Waals surface area contributed by atoms with Crippen LogP contribution in [0.5, 0.6) is 11.5 Å². The molecule has 31 heavy (non-hydrogen) atoms. The summed E-state index contributed by atoms with van der Waals surface area (Å²) in [7, 11) is 0. The number of hydrogen-bond donors (Lipinski definition) is 4. The Kier molecular flexibility index (Phi) is 5.79. The first-order chi connectivity index (χ1) is 15.1. The molecular weight excluding hydrogens is 394 g/mol. The lowest BCUT2D eigenvalue weighted by molar-refractivity contribution is -0.116. The second-order valence-electron chi connectivity index (χ2n) is 6.97. The molecule has 5 N–H and O–H groups in total. The van der Waals surface area contributed by atoms with Crippen LogP contribution in [0.1, 0.15) is 18.0 Å². The van der Waals surface area contributed by atoms with Crippen molar-refractivity contribution in [3.05, 3.63) is 84.6 Å². The quantitative estimate of drug-likeness (QED) is 0.363. The number of primary amides is 1. The van der Waals surface area contributed by atoms with Gasteiger partial charge in [-0.2, -0.15) is 5.10 Å². The summed E-state index contributed by atoms with van der Waals surface area (Å²) in [5.74, 6) is 1.00. The van der Waals surface area contributed by atoms with Crippen molar-refractivity contribution in [3.63, 3.8) is 0 Å². The van der Waals surface area contributed by atoms with Gasteiger partial charge in [-0.15, -0.1) is 0 Å². The lowest BCUT2D eigenvalue weighted by Gasteiger charge is -2.19. The summed E-state index contributed by atoms with van der Waals surface area (Å²) >= 11 is 0. The Morgan fingerprint density at radius 3 is 2.61 bits per heavy atom. The number of hydrogen-bond acceptors (Lipinski definition) is 4. The third kappa shape index (κ3) is 5.18. The third-order valence-corrected chi connectivity index (χ3v) is 4.67. The molecule has 8 nitrogen and oxygen atoms in total. The highest BCUT2D eigenvalue weighted by Gasteiger charge is 2.18. The molecule has 8 heteroatoms. The third-order valence-electron chi connectivity index (χ3n) is 4.67. The van der Waals surface area contributed by atoms with E-state index in [2.05, 4.69) is 20.8 Å². The normalized spacial score (nSPS) is 11.6. The van der Waals surface area contributed by atoms with Gasteiger partial charge >= 0.3 is 6.03 Å². The zero-order valence-electron chi connectivity index (χ0n) is 16.5. The van der Waals surface area contributed by atoms with Gasteiger partial charge in [-0.1, -0.05) is 30.3 Å². The van der Waals surface area contributed by atoms with Crippen LogP contribution in [0.2, 0.25) is 0 Å². The van der Waals surface area contributed by atoms with E-state index in [0.717, 1.165) is 10.9 Å². The molecule has 4 rings (SSSR count). The van der Waals surface area contributed by atoms with Crippen LogP contribution in [-0.2, 0) is 4.79 Å². The number of aromatic nitrogens is 2. The second kappa shape index (κ2) is 9.00. The number of aromatic amines is 1.